The Labute approximate surface area is 168 Å². The van der Waals surface area contributed by atoms with E-state index in [1.807, 2.05) is 0 Å². The maximum absolute atomic E-state index is 13.0. The number of amides is 1. The molecule has 2 aliphatic rings. The van der Waals surface area contributed by atoms with Crippen molar-refractivity contribution in [3.63, 3.8) is 0 Å². The van der Waals surface area contributed by atoms with Gasteiger partial charge >= 0.3 is 11.8 Å². The summed E-state index contributed by atoms with van der Waals surface area (Å²) in [7, 11) is -3.67. The van der Waals surface area contributed by atoms with Crippen LogP contribution in [0.3, 0.4) is 0 Å². The molecule has 2 aliphatic heterocycles. The number of carbonyl (C=O) groups excluding carboxylic acids is 1. The van der Waals surface area contributed by atoms with Crippen molar-refractivity contribution in [3.05, 3.63) is 29.7 Å². The number of sulfonamides is 1. The molecule has 0 bridgehead atoms. The van der Waals surface area contributed by atoms with Crippen LogP contribution in [-0.2, 0) is 19.5 Å². The Kier molecular flexibility index (Phi) is 5.63. The molecule has 0 N–H and O–H groups in total. The Bertz CT molecular complexity index is 994. The van der Waals surface area contributed by atoms with Crippen LogP contribution in [0.15, 0.2) is 27.6 Å². The lowest BCUT2D eigenvalue weighted by atomic mass is 10.1. The highest BCUT2D eigenvalue weighted by Gasteiger charge is 2.29. The summed E-state index contributed by atoms with van der Waals surface area (Å²) in [5.41, 5.74) is 1.08. The summed E-state index contributed by atoms with van der Waals surface area (Å²) in [6.07, 6.45) is 0. The molecule has 3 heterocycles. The minimum absolute atomic E-state index is 0.125. The first-order chi connectivity index (χ1) is 14.0. The van der Waals surface area contributed by atoms with E-state index in [1.54, 1.807) is 24.0 Å². The van der Waals surface area contributed by atoms with Crippen molar-refractivity contribution < 1.29 is 27.2 Å². The molecule has 10 nitrogen and oxygen atoms in total. The lowest BCUT2D eigenvalue weighted by Gasteiger charge is -2.26. The van der Waals surface area contributed by atoms with Gasteiger partial charge in [-0.05, 0) is 18.6 Å². The molecule has 11 heteroatoms. The van der Waals surface area contributed by atoms with Gasteiger partial charge in [0.25, 0.3) is 0 Å². The lowest BCUT2D eigenvalue weighted by molar-refractivity contribution is 0.0272. The molecule has 2 aromatic rings. The van der Waals surface area contributed by atoms with Crippen molar-refractivity contribution in [3.8, 4) is 11.4 Å². The molecule has 29 heavy (non-hydrogen) atoms. The van der Waals surface area contributed by atoms with Crippen molar-refractivity contribution in [1.82, 2.24) is 19.3 Å². The lowest BCUT2D eigenvalue weighted by Crippen LogP contribution is -2.40. The summed E-state index contributed by atoms with van der Waals surface area (Å²) < 4.78 is 43.1. The number of ether oxygens (including phenoxy) is 2. The summed E-state index contributed by atoms with van der Waals surface area (Å²) in [5.74, 6) is -0.319. The van der Waals surface area contributed by atoms with Crippen LogP contribution >= 0.6 is 0 Å². The number of hydrogen-bond acceptors (Lipinski definition) is 8. The Hall–Kier alpha value is -2.34. The molecule has 1 aromatic carbocycles. The van der Waals surface area contributed by atoms with Crippen LogP contribution in [0.25, 0.3) is 11.4 Å². The topological polar surface area (TPSA) is 115 Å². The van der Waals surface area contributed by atoms with Crippen molar-refractivity contribution in [2.45, 2.75) is 11.8 Å². The smallest absolute Gasteiger partial charge is 0.316 e. The molecule has 1 amide bonds. The van der Waals surface area contributed by atoms with Gasteiger partial charge in [-0.15, -0.1) is 0 Å². The monoisotopic (exact) mass is 422 g/mol. The first-order valence-electron chi connectivity index (χ1n) is 9.36. The predicted molar refractivity (Wildman–Crippen MR) is 101 cm³/mol. The molecule has 2 saturated heterocycles. The molecule has 0 aliphatic carbocycles. The zero-order valence-electron chi connectivity index (χ0n) is 16.0. The van der Waals surface area contributed by atoms with Crippen molar-refractivity contribution in [1.29, 1.82) is 0 Å². The number of hydrogen-bond donors (Lipinski definition) is 0. The molecule has 0 radical (unpaired) electrons. The van der Waals surface area contributed by atoms with E-state index in [9.17, 15) is 13.2 Å². The van der Waals surface area contributed by atoms with Crippen LogP contribution in [-0.4, -0.2) is 86.3 Å². The highest BCUT2D eigenvalue weighted by molar-refractivity contribution is 7.89. The molecule has 0 unspecified atom stereocenters. The van der Waals surface area contributed by atoms with E-state index >= 15 is 0 Å². The molecule has 2 fully saturated rings. The van der Waals surface area contributed by atoms with Gasteiger partial charge in [-0.1, -0.05) is 17.3 Å². The zero-order chi connectivity index (χ0) is 20.4. The van der Waals surface area contributed by atoms with E-state index in [-0.39, 0.29) is 22.5 Å². The first kappa shape index (κ1) is 20.0. The average Bonchev–Trinajstić information content (AvgIpc) is 3.25. The fourth-order valence-corrected chi connectivity index (χ4v) is 4.93. The average molecular weight is 422 g/mol. The fraction of sp³-hybridized carbons (Fsp3) is 0.500. The SMILES string of the molecule is Cc1ccc(-c2noc(C(=O)N3CCOCC3)n2)cc1S(=O)(=O)N1CCOCC1. The van der Waals surface area contributed by atoms with Crippen LogP contribution in [0, 0.1) is 6.92 Å². The maximum atomic E-state index is 13.0. The van der Waals surface area contributed by atoms with Gasteiger partial charge in [0.05, 0.1) is 31.3 Å². The number of aryl methyl sites for hydroxylation is 1. The number of morpholine rings is 2. The van der Waals surface area contributed by atoms with Crippen LogP contribution in [0.5, 0.6) is 0 Å². The fourth-order valence-electron chi connectivity index (χ4n) is 3.27. The number of benzene rings is 1. The predicted octanol–water partition coefficient (Wildman–Crippen LogP) is 0.538. The number of carbonyl (C=O) groups is 1. The maximum Gasteiger partial charge on any atom is 0.316 e. The molecule has 0 spiro atoms. The van der Waals surface area contributed by atoms with Crippen LogP contribution in [0.1, 0.15) is 16.2 Å². The Morgan fingerprint density at radius 3 is 2.38 bits per heavy atom. The van der Waals surface area contributed by atoms with Crippen molar-refractivity contribution in [2.75, 3.05) is 52.6 Å². The highest BCUT2D eigenvalue weighted by atomic mass is 32.2. The summed E-state index contributed by atoms with van der Waals surface area (Å²) in [4.78, 5) is 18.4. The van der Waals surface area contributed by atoms with E-state index in [0.29, 0.717) is 63.7 Å². The molecule has 4 rings (SSSR count). The molecule has 0 atom stereocenters. The van der Waals surface area contributed by atoms with Crippen LogP contribution in [0.4, 0.5) is 0 Å². The van der Waals surface area contributed by atoms with E-state index in [0.717, 1.165) is 0 Å². The molecule has 1 aromatic heterocycles. The minimum Gasteiger partial charge on any atom is -0.379 e. The van der Waals surface area contributed by atoms with E-state index in [2.05, 4.69) is 10.1 Å². The van der Waals surface area contributed by atoms with Gasteiger partial charge in [-0.25, -0.2) is 8.42 Å². The molecule has 156 valence electrons. The first-order valence-corrected chi connectivity index (χ1v) is 10.8. The Morgan fingerprint density at radius 1 is 1.03 bits per heavy atom. The summed E-state index contributed by atoms with van der Waals surface area (Å²) >= 11 is 0. The third-order valence-electron chi connectivity index (χ3n) is 4.94. The molecular weight excluding hydrogens is 400 g/mol. The second-order valence-corrected chi connectivity index (χ2v) is 8.73. The van der Waals surface area contributed by atoms with Crippen LogP contribution in [0.2, 0.25) is 0 Å². The summed E-state index contributed by atoms with van der Waals surface area (Å²) in [5, 5.41) is 3.87. The van der Waals surface area contributed by atoms with E-state index < -0.39 is 10.0 Å². The van der Waals surface area contributed by atoms with Crippen molar-refractivity contribution >= 4 is 15.9 Å². The third kappa shape index (κ3) is 4.04. The van der Waals surface area contributed by atoms with E-state index in [1.165, 1.54) is 10.4 Å². The number of aromatic nitrogens is 2. The molecular formula is C18H22N4O6S. The normalized spacial score (nSPS) is 18.7. The van der Waals surface area contributed by atoms with Gasteiger partial charge in [-0.2, -0.15) is 9.29 Å². The second kappa shape index (κ2) is 8.19. The molecule has 0 saturated carbocycles. The summed E-state index contributed by atoms with van der Waals surface area (Å²) in [6, 6.07) is 4.93. The zero-order valence-corrected chi connectivity index (χ0v) is 16.9. The largest absolute Gasteiger partial charge is 0.379 e. The van der Waals surface area contributed by atoms with Crippen LogP contribution < -0.4 is 0 Å². The highest BCUT2D eigenvalue weighted by Crippen LogP contribution is 2.26. The van der Waals surface area contributed by atoms with Gasteiger partial charge in [0, 0.05) is 31.7 Å². The Morgan fingerprint density at radius 2 is 1.69 bits per heavy atom. The minimum atomic E-state index is -3.67. The van der Waals surface area contributed by atoms with Crippen molar-refractivity contribution in [2.24, 2.45) is 0 Å². The summed E-state index contributed by atoms with van der Waals surface area (Å²) in [6.45, 7) is 4.96. The second-order valence-electron chi connectivity index (χ2n) is 6.82. The van der Waals surface area contributed by atoms with Gasteiger partial charge in [0.1, 0.15) is 0 Å². The number of rotatable bonds is 4. The van der Waals surface area contributed by atoms with Gasteiger partial charge < -0.3 is 18.9 Å². The number of nitrogens with zero attached hydrogens (tertiary/aromatic N) is 4. The quantitative estimate of drug-likeness (QED) is 0.701. The Balaban J connectivity index is 1.61. The van der Waals surface area contributed by atoms with E-state index in [4.69, 9.17) is 14.0 Å². The standard InChI is InChI=1S/C18H22N4O6S/c1-13-2-3-14(12-15(13)29(24,25)22-6-10-27-11-7-22)16-19-17(28-20-16)18(23)21-4-8-26-9-5-21/h2-3,12H,4-11H2,1H3. The van der Waals surface area contributed by atoms with Gasteiger partial charge in [0.15, 0.2) is 0 Å². The van der Waals surface area contributed by atoms with Gasteiger partial charge in [-0.3, -0.25) is 4.79 Å². The van der Waals surface area contributed by atoms with Gasteiger partial charge in [0.2, 0.25) is 15.8 Å². The third-order valence-corrected chi connectivity index (χ3v) is 6.98.